The average molecular weight is 318 g/mol. The summed E-state index contributed by atoms with van der Waals surface area (Å²) in [5.74, 6) is 0.844. The Morgan fingerprint density at radius 1 is 1.26 bits per heavy atom. The third-order valence-corrected chi connectivity index (χ3v) is 4.86. The number of aromatic amines is 1. The Morgan fingerprint density at radius 3 is 2.83 bits per heavy atom. The van der Waals surface area contributed by atoms with E-state index in [0.29, 0.717) is 18.6 Å². The van der Waals surface area contributed by atoms with E-state index in [-0.39, 0.29) is 17.9 Å². The Labute approximate surface area is 132 Å². The second-order valence-electron chi connectivity index (χ2n) is 6.29. The van der Waals surface area contributed by atoms with E-state index in [4.69, 9.17) is 0 Å². The first-order chi connectivity index (χ1) is 11.3. The number of H-pyrrole nitrogens is 1. The van der Waals surface area contributed by atoms with Crippen LogP contribution in [0.15, 0.2) is 12.7 Å². The average Bonchev–Trinajstić information content (AvgIpc) is 3.21. The number of nitrogens with one attached hydrogen (secondary N) is 1. The lowest BCUT2D eigenvalue weighted by Gasteiger charge is -2.37. The molecule has 2 aromatic heterocycles. The molecule has 4 heterocycles. The molecule has 0 radical (unpaired) electrons. The highest BCUT2D eigenvalue weighted by atomic mass is 19.1. The SMILES string of the molecule is O=C1CC(CF)CN1C1CCN(c2ncnc3nc[nH]c23)CC1. The predicted octanol–water partition coefficient (Wildman–Crippen LogP) is 1.14. The van der Waals surface area contributed by atoms with Crippen molar-refractivity contribution in [2.75, 3.05) is 31.2 Å². The van der Waals surface area contributed by atoms with Crippen LogP contribution in [0.25, 0.3) is 11.2 Å². The minimum Gasteiger partial charge on any atom is -0.355 e. The van der Waals surface area contributed by atoms with Gasteiger partial charge in [-0.1, -0.05) is 0 Å². The second kappa shape index (κ2) is 5.75. The number of carbonyl (C=O) groups is 1. The first kappa shape index (κ1) is 14.3. The van der Waals surface area contributed by atoms with Gasteiger partial charge in [0.15, 0.2) is 11.5 Å². The Balaban J connectivity index is 1.45. The lowest BCUT2D eigenvalue weighted by atomic mass is 10.0. The number of nitrogens with zero attached hydrogens (tertiary/aromatic N) is 5. The zero-order chi connectivity index (χ0) is 15.8. The summed E-state index contributed by atoms with van der Waals surface area (Å²) < 4.78 is 12.8. The van der Waals surface area contributed by atoms with Crippen molar-refractivity contribution in [3.8, 4) is 0 Å². The Kier molecular flexibility index (Phi) is 3.59. The van der Waals surface area contributed by atoms with Gasteiger partial charge < -0.3 is 14.8 Å². The molecule has 0 aromatic carbocycles. The largest absolute Gasteiger partial charge is 0.355 e. The molecule has 2 aliphatic rings. The second-order valence-corrected chi connectivity index (χ2v) is 6.29. The molecule has 1 atom stereocenters. The highest BCUT2D eigenvalue weighted by molar-refractivity contribution is 5.82. The standard InChI is InChI=1S/C15H19FN6O/c16-6-10-5-12(23)22(7-10)11-1-3-21(4-2-11)15-13-14(18-8-17-13)19-9-20-15/h8-11H,1-7H2,(H,17,18,19,20). The fourth-order valence-corrected chi connectivity index (χ4v) is 3.65. The molecular formula is C15H19FN6O. The molecule has 1 unspecified atom stereocenters. The third kappa shape index (κ3) is 2.51. The van der Waals surface area contributed by atoms with E-state index in [1.54, 1.807) is 6.33 Å². The van der Waals surface area contributed by atoms with Crippen molar-refractivity contribution in [1.29, 1.82) is 0 Å². The van der Waals surface area contributed by atoms with Crippen LogP contribution in [0.2, 0.25) is 0 Å². The maximum absolute atomic E-state index is 12.8. The molecule has 0 aliphatic carbocycles. The van der Waals surface area contributed by atoms with E-state index in [2.05, 4.69) is 24.8 Å². The van der Waals surface area contributed by atoms with Crippen LogP contribution in [0.5, 0.6) is 0 Å². The molecule has 0 spiro atoms. The van der Waals surface area contributed by atoms with Gasteiger partial charge in [-0.3, -0.25) is 9.18 Å². The number of imidazole rings is 1. The van der Waals surface area contributed by atoms with Crippen molar-refractivity contribution >= 4 is 22.9 Å². The van der Waals surface area contributed by atoms with E-state index in [9.17, 15) is 9.18 Å². The molecule has 0 saturated carbocycles. The lowest BCUT2D eigenvalue weighted by molar-refractivity contribution is -0.130. The molecule has 1 amide bonds. The van der Waals surface area contributed by atoms with Crippen LogP contribution in [-0.2, 0) is 4.79 Å². The van der Waals surface area contributed by atoms with Gasteiger partial charge in [0.25, 0.3) is 0 Å². The molecule has 1 N–H and O–H groups in total. The van der Waals surface area contributed by atoms with Gasteiger partial charge in [-0.05, 0) is 12.8 Å². The molecule has 8 heteroatoms. The molecule has 2 fully saturated rings. The summed E-state index contributed by atoms with van der Waals surface area (Å²) in [6, 6.07) is 0.217. The minimum absolute atomic E-state index is 0.101. The smallest absolute Gasteiger partial charge is 0.223 e. The topological polar surface area (TPSA) is 78.0 Å². The van der Waals surface area contributed by atoms with Gasteiger partial charge in [-0.2, -0.15) is 0 Å². The monoisotopic (exact) mass is 318 g/mol. The zero-order valence-corrected chi connectivity index (χ0v) is 12.8. The summed E-state index contributed by atoms with van der Waals surface area (Å²) in [7, 11) is 0. The highest BCUT2D eigenvalue weighted by Crippen LogP contribution is 2.28. The highest BCUT2D eigenvalue weighted by Gasteiger charge is 2.36. The quantitative estimate of drug-likeness (QED) is 0.918. The Morgan fingerprint density at radius 2 is 2.09 bits per heavy atom. The number of rotatable bonds is 3. The van der Waals surface area contributed by atoms with Crippen molar-refractivity contribution in [2.45, 2.75) is 25.3 Å². The summed E-state index contributed by atoms with van der Waals surface area (Å²) in [6.45, 7) is 1.80. The van der Waals surface area contributed by atoms with Crippen LogP contribution in [0.3, 0.4) is 0 Å². The van der Waals surface area contributed by atoms with E-state index < -0.39 is 6.67 Å². The summed E-state index contributed by atoms with van der Waals surface area (Å²) in [6.07, 6.45) is 5.27. The summed E-state index contributed by atoms with van der Waals surface area (Å²) in [5.41, 5.74) is 1.51. The van der Waals surface area contributed by atoms with Crippen LogP contribution in [0.1, 0.15) is 19.3 Å². The molecule has 122 valence electrons. The number of carbonyl (C=O) groups excluding carboxylic acids is 1. The number of aromatic nitrogens is 4. The van der Waals surface area contributed by atoms with Gasteiger partial charge in [-0.15, -0.1) is 0 Å². The molecule has 2 aliphatic heterocycles. The normalized spacial score (nSPS) is 23.2. The van der Waals surface area contributed by atoms with Crippen molar-refractivity contribution < 1.29 is 9.18 Å². The molecule has 2 saturated heterocycles. The molecule has 0 bridgehead atoms. The first-order valence-corrected chi connectivity index (χ1v) is 8.00. The summed E-state index contributed by atoms with van der Waals surface area (Å²) >= 11 is 0. The zero-order valence-electron chi connectivity index (χ0n) is 12.8. The van der Waals surface area contributed by atoms with Gasteiger partial charge in [0.05, 0.1) is 13.0 Å². The number of hydrogen-bond acceptors (Lipinski definition) is 5. The fourth-order valence-electron chi connectivity index (χ4n) is 3.65. The van der Waals surface area contributed by atoms with Crippen molar-refractivity contribution in [1.82, 2.24) is 24.8 Å². The van der Waals surface area contributed by atoms with Gasteiger partial charge in [-0.25, -0.2) is 15.0 Å². The van der Waals surface area contributed by atoms with Gasteiger partial charge in [0, 0.05) is 38.0 Å². The maximum atomic E-state index is 12.8. The minimum atomic E-state index is -0.403. The molecule has 23 heavy (non-hydrogen) atoms. The van der Waals surface area contributed by atoms with Crippen molar-refractivity contribution in [2.24, 2.45) is 5.92 Å². The van der Waals surface area contributed by atoms with E-state index in [1.807, 2.05) is 4.90 Å². The third-order valence-electron chi connectivity index (χ3n) is 4.86. The molecule has 2 aromatic rings. The number of amides is 1. The number of piperidine rings is 1. The summed E-state index contributed by atoms with van der Waals surface area (Å²) in [4.78, 5) is 31.9. The molecule has 4 rings (SSSR count). The van der Waals surface area contributed by atoms with Crippen LogP contribution in [0.4, 0.5) is 10.2 Å². The molecule has 7 nitrogen and oxygen atoms in total. The fraction of sp³-hybridized carbons (Fsp3) is 0.600. The summed E-state index contributed by atoms with van der Waals surface area (Å²) in [5, 5.41) is 0. The number of likely N-dealkylation sites (tertiary alicyclic amines) is 1. The van der Waals surface area contributed by atoms with E-state index in [1.165, 1.54) is 6.33 Å². The number of hydrogen-bond donors (Lipinski definition) is 1. The first-order valence-electron chi connectivity index (χ1n) is 8.00. The van der Waals surface area contributed by atoms with Gasteiger partial charge in [0.2, 0.25) is 5.91 Å². The number of halogens is 1. The van der Waals surface area contributed by atoms with E-state index in [0.717, 1.165) is 37.3 Å². The maximum Gasteiger partial charge on any atom is 0.223 e. The van der Waals surface area contributed by atoms with Crippen molar-refractivity contribution in [3.05, 3.63) is 12.7 Å². The van der Waals surface area contributed by atoms with E-state index >= 15 is 0 Å². The number of alkyl halides is 1. The van der Waals surface area contributed by atoms with Crippen molar-refractivity contribution in [3.63, 3.8) is 0 Å². The Bertz CT molecular complexity index is 711. The van der Waals surface area contributed by atoms with Gasteiger partial charge in [0.1, 0.15) is 11.8 Å². The van der Waals surface area contributed by atoms with Crippen LogP contribution < -0.4 is 4.90 Å². The van der Waals surface area contributed by atoms with Crippen LogP contribution in [0, 0.1) is 5.92 Å². The lowest BCUT2D eigenvalue weighted by Crippen LogP contribution is -2.46. The molecular weight excluding hydrogens is 299 g/mol. The Hall–Kier alpha value is -2.25. The number of fused-ring (bicyclic) bond motifs is 1. The van der Waals surface area contributed by atoms with Crippen LogP contribution in [-0.4, -0.2) is 63.1 Å². The number of anilines is 1. The van der Waals surface area contributed by atoms with Crippen LogP contribution >= 0.6 is 0 Å². The predicted molar refractivity (Wildman–Crippen MR) is 82.7 cm³/mol. The van der Waals surface area contributed by atoms with Gasteiger partial charge >= 0.3 is 0 Å².